The summed E-state index contributed by atoms with van der Waals surface area (Å²) in [7, 11) is -1.49. The van der Waals surface area contributed by atoms with Crippen molar-refractivity contribution in [3.63, 3.8) is 0 Å². The lowest BCUT2D eigenvalue weighted by atomic mass is 10.2. The van der Waals surface area contributed by atoms with Crippen molar-refractivity contribution in [2.24, 2.45) is 0 Å². The first kappa shape index (κ1) is 20.2. The number of unbranched alkanes of at least 4 members (excludes halogenated alkanes) is 1. The third-order valence-corrected chi connectivity index (χ3v) is 7.23. The molecule has 0 unspecified atom stereocenters. The van der Waals surface area contributed by atoms with Gasteiger partial charge in [-0.15, -0.1) is 0 Å². The average Bonchev–Trinajstić information content (AvgIpc) is 3.13. The van der Waals surface area contributed by atoms with Gasteiger partial charge in [-0.25, -0.2) is 13.4 Å². The molecule has 1 saturated heterocycles. The molecule has 27 heavy (non-hydrogen) atoms. The molecule has 0 atom stereocenters. The van der Waals surface area contributed by atoms with E-state index in [1.54, 1.807) is 12.1 Å². The van der Waals surface area contributed by atoms with E-state index < -0.39 is 10.0 Å². The zero-order chi connectivity index (χ0) is 19.3. The zero-order valence-corrected chi connectivity index (χ0v) is 17.3. The number of sulfonamides is 1. The molecule has 0 saturated carbocycles. The summed E-state index contributed by atoms with van der Waals surface area (Å²) in [6.45, 7) is 4.62. The molecule has 3 heterocycles. The molecule has 0 aliphatic carbocycles. The van der Waals surface area contributed by atoms with E-state index >= 15 is 0 Å². The minimum Gasteiger partial charge on any atom is -0.338 e. The Hall–Kier alpha value is -1.49. The van der Waals surface area contributed by atoms with Gasteiger partial charge in [0.1, 0.15) is 4.90 Å². The van der Waals surface area contributed by atoms with Crippen LogP contribution >= 0.6 is 11.8 Å². The van der Waals surface area contributed by atoms with E-state index in [1.165, 1.54) is 22.3 Å². The molecule has 148 valence electrons. The molecule has 2 aromatic rings. The summed E-state index contributed by atoms with van der Waals surface area (Å²) in [5.74, 6) is 1.80. The van der Waals surface area contributed by atoms with Crippen LogP contribution in [0.3, 0.4) is 0 Å². The summed E-state index contributed by atoms with van der Waals surface area (Å²) < 4.78 is 32.2. The van der Waals surface area contributed by atoms with Gasteiger partial charge in [0.15, 0.2) is 5.82 Å². The fourth-order valence-corrected chi connectivity index (χ4v) is 4.75. The Morgan fingerprint density at radius 1 is 1.22 bits per heavy atom. The second kappa shape index (κ2) is 9.13. The van der Waals surface area contributed by atoms with Gasteiger partial charge in [-0.3, -0.25) is 0 Å². The maximum Gasteiger partial charge on any atom is 0.244 e. The van der Waals surface area contributed by atoms with Gasteiger partial charge in [0.2, 0.25) is 15.9 Å². The Bertz CT molecular complexity index is 831. The first-order chi connectivity index (χ1) is 13.0. The van der Waals surface area contributed by atoms with Crippen molar-refractivity contribution in [3.8, 4) is 0 Å². The Balaban J connectivity index is 1.57. The fourth-order valence-electron chi connectivity index (χ4n) is 2.70. The number of likely N-dealkylation sites (N-methyl/N-ethyl adjacent to an activating group) is 1. The normalized spacial score (nSPS) is 16.7. The lowest BCUT2D eigenvalue weighted by Gasteiger charge is -2.31. The van der Waals surface area contributed by atoms with Crippen LogP contribution < -0.4 is 0 Å². The first-order valence-electron chi connectivity index (χ1n) is 9.08. The van der Waals surface area contributed by atoms with Crippen LogP contribution in [-0.4, -0.2) is 66.0 Å². The zero-order valence-electron chi connectivity index (χ0n) is 15.7. The molecular formula is C17H25N5O3S2. The molecule has 2 aromatic heterocycles. The summed E-state index contributed by atoms with van der Waals surface area (Å²) in [6, 6.07) is 3.34. The van der Waals surface area contributed by atoms with E-state index in [9.17, 15) is 8.42 Å². The Morgan fingerprint density at radius 3 is 2.67 bits per heavy atom. The van der Waals surface area contributed by atoms with Crippen molar-refractivity contribution in [2.45, 2.75) is 41.9 Å². The standard InChI is InChI=1S/C17H25N5O3S2/c1-3-4-5-15-19-16(25-20-15)13-26-17-7-6-14(12-18-17)27(23,24)22-10-8-21(2)9-11-22/h6-7,12H,3-5,8-11,13H2,1-2H3. The number of hydrogen-bond acceptors (Lipinski definition) is 8. The van der Waals surface area contributed by atoms with Crippen LogP contribution in [0.2, 0.25) is 0 Å². The van der Waals surface area contributed by atoms with Crippen molar-refractivity contribution in [1.82, 2.24) is 24.3 Å². The van der Waals surface area contributed by atoms with E-state index in [1.807, 2.05) is 7.05 Å². The highest BCUT2D eigenvalue weighted by atomic mass is 32.2. The highest BCUT2D eigenvalue weighted by Gasteiger charge is 2.27. The first-order valence-corrected chi connectivity index (χ1v) is 11.5. The highest BCUT2D eigenvalue weighted by molar-refractivity contribution is 7.98. The predicted octanol–water partition coefficient (Wildman–Crippen LogP) is 2.04. The summed E-state index contributed by atoms with van der Waals surface area (Å²) in [4.78, 5) is 11.0. The molecule has 10 heteroatoms. The third-order valence-electron chi connectivity index (χ3n) is 4.42. The lowest BCUT2D eigenvalue weighted by Crippen LogP contribution is -2.47. The van der Waals surface area contributed by atoms with E-state index in [0.29, 0.717) is 24.7 Å². The van der Waals surface area contributed by atoms with Crippen molar-refractivity contribution >= 4 is 21.8 Å². The molecule has 0 spiro atoms. The van der Waals surface area contributed by atoms with E-state index in [0.717, 1.165) is 43.2 Å². The summed E-state index contributed by atoms with van der Waals surface area (Å²) >= 11 is 1.44. The van der Waals surface area contributed by atoms with Crippen LogP contribution in [0.1, 0.15) is 31.5 Å². The quantitative estimate of drug-likeness (QED) is 0.609. The Labute approximate surface area is 164 Å². The number of aryl methyl sites for hydroxylation is 1. The van der Waals surface area contributed by atoms with Gasteiger partial charge in [-0.2, -0.15) is 9.29 Å². The molecular weight excluding hydrogens is 386 g/mol. The van der Waals surface area contributed by atoms with Crippen molar-refractivity contribution < 1.29 is 12.9 Å². The van der Waals surface area contributed by atoms with Gasteiger partial charge in [-0.1, -0.05) is 30.3 Å². The average molecular weight is 412 g/mol. The number of hydrogen-bond donors (Lipinski definition) is 0. The van der Waals surface area contributed by atoms with Crippen LogP contribution in [0.5, 0.6) is 0 Å². The van der Waals surface area contributed by atoms with Crippen LogP contribution in [0.25, 0.3) is 0 Å². The van der Waals surface area contributed by atoms with Crippen LogP contribution in [-0.2, 0) is 22.2 Å². The molecule has 0 N–H and O–H groups in total. The van der Waals surface area contributed by atoms with Gasteiger partial charge < -0.3 is 9.42 Å². The molecule has 0 radical (unpaired) electrons. The second-order valence-electron chi connectivity index (χ2n) is 6.54. The van der Waals surface area contributed by atoms with E-state index in [2.05, 4.69) is 26.9 Å². The molecule has 1 aliphatic heterocycles. The maximum absolute atomic E-state index is 12.7. The largest absolute Gasteiger partial charge is 0.338 e. The van der Waals surface area contributed by atoms with E-state index in [-0.39, 0.29) is 4.90 Å². The minimum atomic E-state index is -3.48. The smallest absolute Gasteiger partial charge is 0.244 e. The summed E-state index contributed by atoms with van der Waals surface area (Å²) in [6.07, 6.45) is 4.38. The molecule has 3 rings (SSSR count). The minimum absolute atomic E-state index is 0.232. The topological polar surface area (TPSA) is 92.4 Å². The molecule has 1 aliphatic rings. The SMILES string of the molecule is CCCCc1noc(CSc2ccc(S(=O)(=O)N3CCN(C)CC3)cn2)n1. The van der Waals surface area contributed by atoms with Crippen LogP contribution in [0, 0.1) is 0 Å². The Morgan fingerprint density at radius 2 is 2.00 bits per heavy atom. The van der Waals surface area contributed by atoms with Gasteiger partial charge in [0, 0.05) is 38.8 Å². The van der Waals surface area contributed by atoms with Crippen LogP contribution in [0.4, 0.5) is 0 Å². The monoisotopic (exact) mass is 411 g/mol. The number of aromatic nitrogens is 3. The molecule has 1 fully saturated rings. The lowest BCUT2D eigenvalue weighted by molar-refractivity contribution is 0.222. The third kappa shape index (κ3) is 5.28. The maximum atomic E-state index is 12.7. The second-order valence-corrected chi connectivity index (χ2v) is 9.47. The molecule has 0 bridgehead atoms. The number of piperazine rings is 1. The summed E-state index contributed by atoms with van der Waals surface area (Å²) in [5.41, 5.74) is 0. The van der Waals surface area contributed by atoms with Crippen molar-refractivity contribution in [2.75, 3.05) is 33.2 Å². The predicted molar refractivity (Wildman–Crippen MR) is 103 cm³/mol. The van der Waals surface area contributed by atoms with Gasteiger partial charge in [0.25, 0.3) is 0 Å². The fraction of sp³-hybridized carbons (Fsp3) is 0.588. The Kier molecular flexibility index (Phi) is 6.85. The van der Waals surface area contributed by atoms with Gasteiger partial charge in [0.05, 0.1) is 10.8 Å². The number of rotatable bonds is 8. The molecule has 0 aromatic carbocycles. The number of thioether (sulfide) groups is 1. The summed E-state index contributed by atoms with van der Waals surface area (Å²) in [5, 5.41) is 4.68. The number of nitrogens with zero attached hydrogens (tertiary/aromatic N) is 5. The molecule has 0 amide bonds. The molecule has 8 nitrogen and oxygen atoms in total. The van der Waals surface area contributed by atoms with Crippen LogP contribution in [0.15, 0.2) is 32.8 Å². The van der Waals surface area contributed by atoms with Gasteiger partial charge >= 0.3 is 0 Å². The van der Waals surface area contributed by atoms with E-state index in [4.69, 9.17) is 4.52 Å². The number of pyridine rings is 1. The highest BCUT2D eigenvalue weighted by Crippen LogP contribution is 2.23. The van der Waals surface area contributed by atoms with Crippen molar-refractivity contribution in [3.05, 3.63) is 30.0 Å². The van der Waals surface area contributed by atoms with Gasteiger partial charge in [-0.05, 0) is 25.6 Å². The van der Waals surface area contributed by atoms with Crippen molar-refractivity contribution in [1.29, 1.82) is 0 Å².